The molecular formula is C15H29N3. The number of nitrogens with zero attached hydrogens (tertiary/aromatic N) is 3. The first kappa shape index (κ1) is 13.7. The van der Waals surface area contributed by atoms with Gasteiger partial charge < -0.3 is 9.80 Å². The van der Waals surface area contributed by atoms with Gasteiger partial charge in [0.25, 0.3) is 0 Å². The molecule has 0 aromatic rings. The lowest BCUT2D eigenvalue weighted by Gasteiger charge is -2.45. The first-order chi connectivity index (χ1) is 8.86. The van der Waals surface area contributed by atoms with Crippen molar-refractivity contribution >= 4 is 5.96 Å². The lowest BCUT2D eigenvalue weighted by atomic mass is 10.0. The fourth-order valence-electron chi connectivity index (χ4n) is 3.23. The molecule has 0 aromatic heterocycles. The van der Waals surface area contributed by atoms with E-state index in [-0.39, 0.29) is 0 Å². The molecule has 0 saturated carbocycles. The maximum Gasteiger partial charge on any atom is 0.196 e. The third-order valence-electron chi connectivity index (χ3n) is 4.30. The number of guanidine groups is 1. The summed E-state index contributed by atoms with van der Waals surface area (Å²) in [5.74, 6) is 1.30. The second-order valence-corrected chi connectivity index (χ2v) is 5.60. The van der Waals surface area contributed by atoms with Crippen LogP contribution in [0.2, 0.25) is 0 Å². The van der Waals surface area contributed by atoms with Crippen molar-refractivity contribution in [1.82, 2.24) is 9.80 Å². The van der Waals surface area contributed by atoms with Crippen LogP contribution in [-0.4, -0.2) is 48.0 Å². The van der Waals surface area contributed by atoms with Crippen LogP contribution in [0.4, 0.5) is 0 Å². The minimum Gasteiger partial charge on any atom is -0.343 e. The van der Waals surface area contributed by atoms with E-state index in [2.05, 4.69) is 23.6 Å². The Morgan fingerprint density at radius 3 is 2.83 bits per heavy atom. The molecule has 1 unspecified atom stereocenters. The van der Waals surface area contributed by atoms with E-state index in [1.54, 1.807) is 0 Å². The van der Waals surface area contributed by atoms with Crippen molar-refractivity contribution < 1.29 is 0 Å². The summed E-state index contributed by atoms with van der Waals surface area (Å²) < 4.78 is 0. The smallest absolute Gasteiger partial charge is 0.196 e. The first-order valence-corrected chi connectivity index (χ1v) is 7.92. The van der Waals surface area contributed by atoms with Gasteiger partial charge in [0.05, 0.1) is 0 Å². The van der Waals surface area contributed by atoms with Crippen LogP contribution in [0.25, 0.3) is 0 Å². The van der Waals surface area contributed by atoms with Crippen molar-refractivity contribution in [3.8, 4) is 0 Å². The Morgan fingerprint density at radius 2 is 2.06 bits per heavy atom. The van der Waals surface area contributed by atoms with Crippen molar-refractivity contribution in [3.05, 3.63) is 0 Å². The zero-order chi connectivity index (χ0) is 12.8. The van der Waals surface area contributed by atoms with Gasteiger partial charge in [-0.2, -0.15) is 0 Å². The molecule has 2 aliphatic rings. The summed E-state index contributed by atoms with van der Waals surface area (Å²) in [5, 5.41) is 0. The molecule has 0 bridgehead atoms. The van der Waals surface area contributed by atoms with E-state index in [1.165, 1.54) is 64.0 Å². The Morgan fingerprint density at radius 1 is 1.17 bits per heavy atom. The highest BCUT2D eigenvalue weighted by Gasteiger charge is 2.30. The van der Waals surface area contributed by atoms with E-state index < -0.39 is 0 Å². The molecule has 104 valence electrons. The molecule has 2 heterocycles. The largest absolute Gasteiger partial charge is 0.343 e. The van der Waals surface area contributed by atoms with Gasteiger partial charge in [-0.15, -0.1) is 0 Å². The van der Waals surface area contributed by atoms with Crippen LogP contribution in [0.5, 0.6) is 0 Å². The first-order valence-electron chi connectivity index (χ1n) is 7.92. The summed E-state index contributed by atoms with van der Waals surface area (Å²) in [6, 6.07) is 0.767. The van der Waals surface area contributed by atoms with E-state index >= 15 is 0 Å². The number of hydrogen-bond donors (Lipinski definition) is 0. The van der Waals surface area contributed by atoms with E-state index in [9.17, 15) is 0 Å². The summed E-state index contributed by atoms with van der Waals surface area (Å²) in [6.07, 6.45) is 9.49. The summed E-state index contributed by atoms with van der Waals surface area (Å²) in [6.45, 7) is 9.12. The van der Waals surface area contributed by atoms with Crippen molar-refractivity contribution in [3.63, 3.8) is 0 Å². The molecule has 0 radical (unpaired) electrons. The highest BCUT2D eigenvalue weighted by molar-refractivity contribution is 5.81. The lowest BCUT2D eigenvalue weighted by Crippen LogP contribution is -2.56. The van der Waals surface area contributed by atoms with Gasteiger partial charge in [0.15, 0.2) is 5.96 Å². The average molecular weight is 251 g/mol. The molecule has 0 amide bonds. The van der Waals surface area contributed by atoms with Gasteiger partial charge >= 0.3 is 0 Å². The minimum atomic E-state index is 0.767. The van der Waals surface area contributed by atoms with Gasteiger partial charge in [0.2, 0.25) is 0 Å². The molecule has 2 aliphatic heterocycles. The van der Waals surface area contributed by atoms with E-state index in [1.807, 2.05) is 0 Å². The van der Waals surface area contributed by atoms with Crippen LogP contribution in [-0.2, 0) is 0 Å². The van der Waals surface area contributed by atoms with E-state index in [0.717, 1.165) is 19.1 Å². The van der Waals surface area contributed by atoms with Gasteiger partial charge in [-0.05, 0) is 26.2 Å². The van der Waals surface area contributed by atoms with Gasteiger partial charge in [0.1, 0.15) is 0 Å². The fraction of sp³-hybridized carbons (Fsp3) is 0.933. The Balaban J connectivity index is 1.87. The Labute approximate surface area is 112 Å². The number of rotatable bonds is 6. The van der Waals surface area contributed by atoms with E-state index in [4.69, 9.17) is 4.99 Å². The fourth-order valence-corrected chi connectivity index (χ4v) is 3.23. The predicted molar refractivity (Wildman–Crippen MR) is 78.0 cm³/mol. The number of unbranched alkanes of at least 4 members (excludes halogenated alkanes) is 3. The van der Waals surface area contributed by atoms with Crippen LogP contribution in [0.3, 0.4) is 0 Å². The van der Waals surface area contributed by atoms with Gasteiger partial charge in [-0.1, -0.05) is 32.6 Å². The molecule has 3 nitrogen and oxygen atoms in total. The normalized spacial score (nSPS) is 23.9. The Hall–Kier alpha value is -0.730. The SMILES string of the molecule is CCCCCCC1CCN=C2N(CC)CCCN21. The predicted octanol–water partition coefficient (Wildman–Crippen LogP) is 3.11. The van der Waals surface area contributed by atoms with Crippen LogP contribution in [0.1, 0.15) is 58.8 Å². The van der Waals surface area contributed by atoms with Crippen LogP contribution >= 0.6 is 0 Å². The molecule has 1 saturated heterocycles. The molecule has 18 heavy (non-hydrogen) atoms. The third-order valence-corrected chi connectivity index (χ3v) is 4.30. The number of fused-ring (bicyclic) bond motifs is 1. The molecule has 0 aliphatic carbocycles. The molecule has 0 N–H and O–H groups in total. The van der Waals surface area contributed by atoms with Crippen LogP contribution in [0, 0.1) is 0 Å². The van der Waals surface area contributed by atoms with Crippen molar-refractivity contribution in [1.29, 1.82) is 0 Å². The van der Waals surface area contributed by atoms with Crippen molar-refractivity contribution in [2.75, 3.05) is 26.2 Å². The standard InChI is InChI=1S/C15H29N3/c1-3-5-6-7-9-14-10-11-16-15-17(4-2)12-8-13-18(14)15/h14H,3-13H2,1-2H3. The van der Waals surface area contributed by atoms with Crippen LogP contribution in [0.15, 0.2) is 4.99 Å². The highest BCUT2D eigenvalue weighted by Crippen LogP contribution is 2.23. The molecule has 0 spiro atoms. The average Bonchev–Trinajstić information content (AvgIpc) is 2.43. The lowest BCUT2D eigenvalue weighted by molar-refractivity contribution is 0.184. The van der Waals surface area contributed by atoms with Gasteiger partial charge in [0, 0.05) is 32.2 Å². The summed E-state index contributed by atoms with van der Waals surface area (Å²) >= 11 is 0. The van der Waals surface area contributed by atoms with Crippen molar-refractivity contribution in [2.45, 2.75) is 64.8 Å². The second-order valence-electron chi connectivity index (χ2n) is 5.60. The minimum absolute atomic E-state index is 0.767. The van der Waals surface area contributed by atoms with Crippen LogP contribution < -0.4 is 0 Å². The number of hydrogen-bond acceptors (Lipinski definition) is 3. The molecular weight excluding hydrogens is 222 g/mol. The van der Waals surface area contributed by atoms with E-state index in [0.29, 0.717) is 0 Å². The highest BCUT2D eigenvalue weighted by atomic mass is 15.4. The number of aliphatic imine (C=N–C) groups is 1. The molecule has 0 aromatic carbocycles. The molecule has 3 heteroatoms. The monoisotopic (exact) mass is 251 g/mol. The topological polar surface area (TPSA) is 18.8 Å². The zero-order valence-corrected chi connectivity index (χ0v) is 12.2. The Kier molecular flexibility index (Phi) is 5.33. The summed E-state index contributed by atoms with van der Waals surface area (Å²) in [5.41, 5.74) is 0. The summed E-state index contributed by atoms with van der Waals surface area (Å²) in [7, 11) is 0. The van der Waals surface area contributed by atoms with Crippen molar-refractivity contribution in [2.24, 2.45) is 4.99 Å². The maximum absolute atomic E-state index is 4.77. The third kappa shape index (κ3) is 3.18. The van der Waals surface area contributed by atoms with Gasteiger partial charge in [-0.3, -0.25) is 4.99 Å². The van der Waals surface area contributed by atoms with Gasteiger partial charge in [-0.25, -0.2) is 0 Å². The maximum atomic E-state index is 4.77. The zero-order valence-electron chi connectivity index (χ0n) is 12.2. The molecule has 1 atom stereocenters. The Bertz CT molecular complexity index is 275. The molecule has 1 fully saturated rings. The second kappa shape index (κ2) is 7.01. The quantitative estimate of drug-likeness (QED) is 0.676. The molecule has 2 rings (SSSR count). The summed E-state index contributed by atoms with van der Waals surface area (Å²) in [4.78, 5) is 9.83.